The average molecular weight is 353 g/mol. The van der Waals surface area contributed by atoms with Crippen molar-refractivity contribution in [3.63, 3.8) is 0 Å². The number of hydrogen-bond acceptors (Lipinski definition) is 5. The lowest BCUT2D eigenvalue weighted by atomic mass is 10.1. The van der Waals surface area contributed by atoms with Crippen LogP contribution in [-0.2, 0) is 4.79 Å². The van der Waals surface area contributed by atoms with Crippen molar-refractivity contribution >= 4 is 23.4 Å². The van der Waals surface area contributed by atoms with E-state index in [4.69, 9.17) is 0 Å². The number of thioether (sulfide) groups is 1. The van der Waals surface area contributed by atoms with Crippen LogP contribution in [0.1, 0.15) is 16.7 Å². The molecule has 0 fully saturated rings. The molecular weight excluding hydrogens is 334 g/mol. The van der Waals surface area contributed by atoms with Gasteiger partial charge in [-0.15, -0.1) is 5.10 Å². The molecule has 1 N–H and O–H groups in total. The number of nitrogens with one attached hydrogen (secondary N) is 1. The van der Waals surface area contributed by atoms with E-state index in [0.717, 1.165) is 28.1 Å². The van der Waals surface area contributed by atoms with Crippen LogP contribution in [0.5, 0.6) is 0 Å². The first-order valence-corrected chi connectivity index (χ1v) is 8.87. The Balaban J connectivity index is 1.69. The number of aryl methyl sites for hydroxylation is 3. The van der Waals surface area contributed by atoms with Crippen molar-refractivity contribution in [2.75, 3.05) is 11.1 Å². The second kappa shape index (κ2) is 7.48. The molecule has 0 spiro atoms. The van der Waals surface area contributed by atoms with Crippen molar-refractivity contribution in [2.45, 2.75) is 25.9 Å². The molecule has 3 rings (SSSR count). The fourth-order valence-electron chi connectivity index (χ4n) is 2.42. The monoisotopic (exact) mass is 353 g/mol. The van der Waals surface area contributed by atoms with Crippen LogP contribution in [0.15, 0.2) is 47.6 Å². The van der Waals surface area contributed by atoms with Crippen LogP contribution >= 0.6 is 11.8 Å². The van der Waals surface area contributed by atoms with E-state index in [1.54, 1.807) is 4.68 Å². The van der Waals surface area contributed by atoms with Gasteiger partial charge in [0.2, 0.25) is 11.1 Å². The van der Waals surface area contributed by atoms with E-state index >= 15 is 0 Å². The van der Waals surface area contributed by atoms with E-state index in [9.17, 15) is 4.79 Å². The first-order valence-electron chi connectivity index (χ1n) is 7.88. The second-order valence-corrected chi connectivity index (χ2v) is 6.81. The lowest BCUT2D eigenvalue weighted by Crippen LogP contribution is -2.14. The highest BCUT2D eigenvalue weighted by Gasteiger charge is 2.13. The number of tetrazole rings is 1. The number of aromatic nitrogens is 4. The molecule has 0 aliphatic carbocycles. The number of nitrogens with zero attached hydrogens (tertiary/aromatic N) is 4. The number of rotatable bonds is 5. The normalized spacial score (nSPS) is 10.7. The SMILES string of the molecule is Cc1cccc(NC(=O)CSc2nnnn2-c2cc(C)ccc2C)c1. The summed E-state index contributed by atoms with van der Waals surface area (Å²) in [6.45, 7) is 6.02. The minimum atomic E-state index is -0.0916. The van der Waals surface area contributed by atoms with Crippen molar-refractivity contribution in [1.82, 2.24) is 20.2 Å². The fraction of sp³-hybridized carbons (Fsp3) is 0.222. The second-order valence-electron chi connectivity index (χ2n) is 5.87. The van der Waals surface area contributed by atoms with Crippen molar-refractivity contribution in [3.8, 4) is 5.69 Å². The molecule has 25 heavy (non-hydrogen) atoms. The predicted octanol–water partition coefficient (Wildman–Crippen LogP) is 3.32. The largest absolute Gasteiger partial charge is 0.325 e. The van der Waals surface area contributed by atoms with E-state index in [1.807, 2.05) is 63.2 Å². The standard InChI is InChI=1S/C18H19N5OS/c1-12-5-4-6-15(9-12)19-17(24)11-25-18-20-21-22-23(18)16-10-13(2)7-8-14(16)3/h4-10H,11H2,1-3H3,(H,19,24). The van der Waals surface area contributed by atoms with E-state index in [-0.39, 0.29) is 11.7 Å². The van der Waals surface area contributed by atoms with Crippen LogP contribution in [-0.4, -0.2) is 31.9 Å². The predicted molar refractivity (Wildman–Crippen MR) is 99.2 cm³/mol. The van der Waals surface area contributed by atoms with Crippen LogP contribution in [0.25, 0.3) is 5.69 Å². The Labute approximate surface area is 150 Å². The zero-order valence-electron chi connectivity index (χ0n) is 14.4. The number of hydrogen-bond donors (Lipinski definition) is 1. The van der Waals surface area contributed by atoms with Crippen LogP contribution in [0, 0.1) is 20.8 Å². The zero-order valence-corrected chi connectivity index (χ0v) is 15.2. The first kappa shape index (κ1) is 17.2. The molecule has 0 radical (unpaired) electrons. The maximum Gasteiger partial charge on any atom is 0.234 e. The molecule has 0 unspecified atom stereocenters. The van der Waals surface area contributed by atoms with Crippen LogP contribution in [0.4, 0.5) is 5.69 Å². The Morgan fingerprint density at radius 1 is 1.12 bits per heavy atom. The van der Waals surface area contributed by atoms with Gasteiger partial charge in [-0.25, -0.2) is 0 Å². The Morgan fingerprint density at radius 3 is 2.72 bits per heavy atom. The highest BCUT2D eigenvalue weighted by atomic mass is 32.2. The quantitative estimate of drug-likeness (QED) is 0.713. The van der Waals surface area contributed by atoms with Gasteiger partial charge in [-0.05, 0) is 66.1 Å². The number of anilines is 1. The van der Waals surface area contributed by atoms with Crippen molar-refractivity contribution in [3.05, 3.63) is 59.2 Å². The Bertz CT molecular complexity index is 906. The van der Waals surface area contributed by atoms with Gasteiger partial charge in [0.05, 0.1) is 11.4 Å². The molecule has 0 aliphatic heterocycles. The van der Waals surface area contributed by atoms with Crippen LogP contribution in [0.3, 0.4) is 0 Å². The Hall–Kier alpha value is -2.67. The molecule has 1 aromatic heterocycles. The summed E-state index contributed by atoms with van der Waals surface area (Å²) in [5.74, 6) is 0.144. The Morgan fingerprint density at radius 2 is 1.92 bits per heavy atom. The van der Waals surface area contributed by atoms with E-state index < -0.39 is 0 Å². The summed E-state index contributed by atoms with van der Waals surface area (Å²) in [4.78, 5) is 12.2. The summed E-state index contributed by atoms with van der Waals surface area (Å²) in [5, 5.41) is 15.3. The maximum atomic E-state index is 12.2. The molecule has 0 bridgehead atoms. The lowest BCUT2D eigenvalue weighted by molar-refractivity contribution is -0.113. The van der Waals surface area contributed by atoms with Gasteiger partial charge in [-0.2, -0.15) is 4.68 Å². The highest BCUT2D eigenvalue weighted by molar-refractivity contribution is 7.99. The molecule has 6 nitrogen and oxygen atoms in total. The van der Waals surface area contributed by atoms with Gasteiger partial charge in [0.15, 0.2) is 0 Å². The molecule has 0 saturated heterocycles. The average Bonchev–Trinajstić information content (AvgIpc) is 3.03. The molecule has 1 heterocycles. The maximum absolute atomic E-state index is 12.2. The lowest BCUT2D eigenvalue weighted by Gasteiger charge is -2.09. The minimum absolute atomic E-state index is 0.0916. The van der Waals surface area contributed by atoms with Crippen molar-refractivity contribution in [2.24, 2.45) is 0 Å². The molecule has 7 heteroatoms. The van der Waals surface area contributed by atoms with E-state index in [2.05, 4.69) is 20.8 Å². The van der Waals surface area contributed by atoms with Gasteiger partial charge in [-0.3, -0.25) is 4.79 Å². The van der Waals surface area contributed by atoms with Crippen molar-refractivity contribution in [1.29, 1.82) is 0 Å². The first-order chi connectivity index (χ1) is 12.0. The van der Waals surface area contributed by atoms with Gasteiger partial charge < -0.3 is 5.32 Å². The number of amides is 1. The number of benzene rings is 2. The van der Waals surface area contributed by atoms with Gasteiger partial charge >= 0.3 is 0 Å². The van der Waals surface area contributed by atoms with Gasteiger partial charge in [0.1, 0.15) is 0 Å². The molecular formula is C18H19N5OS. The number of carbonyl (C=O) groups is 1. The molecule has 128 valence electrons. The summed E-state index contributed by atoms with van der Waals surface area (Å²) in [5.41, 5.74) is 5.02. The van der Waals surface area contributed by atoms with E-state index in [0.29, 0.717) is 5.16 Å². The van der Waals surface area contributed by atoms with Crippen LogP contribution < -0.4 is 5.32 Å². The molecule has 1 amide bonds. The summed E-state index contributed by atoms with van der Waals surface area (Å²) in [7, 11) is 0. The molecule has 0 saturated carbocycles. The van der Waals surface area contributed by atoms with Crippen molar-refractivity contribution < 1.29 is 4.79 Å². The zero-order chi connectivity index (χ0) is 17.8. The smallest absolute Gasteiger partial charge is 0.234 e. The molecule has 3 aromatic rings. The summed E-state index contributed by atoms with van der Waals surface area (Å²) >= 11 is 1.31. The van der Waals surface area contributed by atoms with E-state index in [1.165, 1.54) is 11.8 Å². The molecule has 0 aliphatic rings. The third-order valence-electron chi connectivity index (χ3n) is 3.67. The fourth-order valence-corrected chi connectivity index (χ4v) is 3.10. The van der Waals surface area contributed by atoms with Crippen LogP contribution in [0.2, 0.25) is 0 Å². The minimum Gasteiger partial charge on any atom is -0.325 e. The third kappa shape index (κ3) is 4.24. The van der Waals surface area contributed by atoms with Gasteiger partial charge in [-0.1, -0.05) is 36.0 Å². The van der Waals surface area contributed by atoms with Gasteiger partial charge in [0.25, 0.3) is 0 Å². The Kier molecular flexibility index (Phi) is 5.14. The highest BCUT2D eigenvalue weighted by Crippen LogP contribution is 2.22. The summed E-state index contributed by atoms with van der Waals surface area (Å²) in [6, 6.07) is 13.8. The third-order valence-corrected chi connectivity index (χ3v) is 4.59. The summed E-state index contributed by atoms with van der Waals surface area (Å²) in [6.07, 6.45) is 0. The topological polar surface area (TPSA) is 72.7 Å². The molecule has 0 atom stereocenters. The molecule has 2 aromatic carbocycles. The number of carbonyl (C=O) groups excluding carboxylic acids is 1. The van der Waals surface area contributed by atoms with Gasteiger partial charge in [0, 0.05) is 5.69 Å². The summed E-state index contributed by atoms with van der Waals surface area (Å²) < 4.78 is 1.67.